The number of fused-ring (bicyclic) bond motifs is 1. The summed E-state index contributed by atoms with van der Waals surface area (Å²) < 4.78 is 6.83. The highest BCUT2D eigenvalue weighted by molar-refractivity contribution is 14.1. The van der Waals surface area contributed by atoms with Crippen molar-refractivity contribution in [2.24, 2.45) is 0 Å². The van der Waals surface area contributed by atoms with Gasteiger partial charge in [0, 0.05) is 35.6 Å². The summed E-state index contributed by atoms with van der Waals surface area (Å²) in [5.41, 5.74) is 0.947. The van der Waals surface area contributed by atoms with Gasteiger partial charge in [0.2, 0.25) is 0 Å². The molecule has 9 heteroatoms. The van der Waals surface area contributed by atoms with Crippen molar-refractivity contribution in [3.8, 4) is 0 Å². The monoisotopic (exact) mass is 564 g/mol. The highest BCUT2D eigenvalue weighted by atomic mass is 127. The molecular weight excluding hydrogens is 531 g/mol. The van der Waals surface area contributed by atoms with Gasteiger partial charge in [-0.05, 0) is 12.8 Å². The first-order valence-corrected chi connectivity index (χ1v) is 12.9. The van der Waals surface area contributed by atoms with Gasteiger partial charge in [-0.15, -0.1) is 0 Å². The van der Waals surface area contributed by atoms with Crippen LogP contribution in [0.2, 0.25) is 5.15 Å². The zero-order valence-electron chi connectivity index (χ0n) is 18.4. The Labute approximate surface area is 202 Å². The molecule has 0 amide bonds. The van der Waals surface area contributed by atoms with E-state index in [1.807, 2.05) is 22.6 Å². The topological polar surface area (TPSA) is 89.9 Å². The number of carbonyl (C=O) groups excluding carboxylic acids is 1. The van der Waals surface area contributed by atoms with Gasteiger partial charge >= 0.3 is 11.7 Å². The van der Waals surface area contributed by atoms with Crippen molar-refractivity contribution in [1.29, 1.82) is 0 Å². The Hall–Kier alpha value is -1.16. The van der Waals surface area contributed by atoms with Crippen molar-refractivity contribution in [3.63, 3.8) is 0 Å². The van der Waals surface area contributed by atoms with Crippen molar-refractivity contribution in [3.05, 3.63) is 19.5 Å². The Morgan fingerprint density at radius 2 is 1.45 bits per heavy atom. The molecule has 0 unspecified atom stereocenters. The first-order chi connectivity index (χ1) is 15.0. The number of methoxy groups -OCH3 is 1. The maximum Gasteiger partial charge on any atom is 0.327 e. The number of esters is 1. The number of hydrogen-bond acceptors (Lipinski definition) is 5. The minimum atomic E-state index is -0.170. The van der Waals surface area contributed by atoms with E-state index in [1.54, 1.807) is 4.57 Å². The third-order valence-electron chi connectivity index (χ3n) is 5.54. The maximum absolute atomic E-state index is 12.2. The summed E-state index contributed by atoms with van der Waals surface area (Å²) in [4.78, 5) is 34.3. The van der Waals surface area contributed by atoms with E-state index in [2.05, 4.69) is 19.7 Å². The van der Waals surface area contributed by atoms with E-state index in [1.165, 1.54) is 64.9 Å². The lowest BCUT2D eigenvalue weighted by molar-refractivity contribution is -0.140. The van der Waals surface area contributed by atoms with Gasteiger partial charge in [0.1, 0.15) is 5.52 Å². The number of aryl methyl sites for hydroxylation is 1. The normalized spacial score (nSPS) is 11.3. The van der Waals surface area contributed by atoms with Gasteiger partial charge in [0.05, 0.1) is 7.11 Å². The molecule has 174 valence electrons. The van der Waals surface area contributed by atoms with E-state index in [4.69, 9.17) is 11.6 Å². The van der Waals surface area contributed by atoms with Gasteiger partial charge in [0.15, 0.2) is 14.6 Å². The van der Waals surface area contributed by atoms with Crippen LogP contribution in [0.25, 0.3) is 11.2 Å². The summed E-state index contributed by atoms with van der Waals surface area (Å²) in [5.74, 6) is -0.0966. The molecule has 1 N–H and O–H groups in total. The van der Waals surface area contributed by atoms with Crippen LogP contribution in [-0.4, -0.2) is 32.6 Å². The van der Waals surface area contributed by atoms with Crippen molar-refractivity contribution in [1.82, 2.24) is 19.5 Å². The summed E-state index contributed by atoms with van der Waals surface area (Å²) >= 11 is 8.20. The molecular formula is C22H34ClIN4O3. The van der Waals surface area contributed by atoms with Crippen LogP contribution < -0.4 is 5.69 Å². The van der Waals surface area contributed by atoms with E-state index in [0.29, 0.717) is 33.1 Å². The average Bonchev–Trinajstić information content (AvgIpc) is 3.05. The molecule has 0 saturated carbocycles. The maximum atomic E-state index is 12.2. The van der Waals surface area contributed by atoms with Crippen LogP contribution in [0.4, 0.5) is 0 Å². The molecule has 0 aliphatic heterocycles. The zero-order valence-corrected chi connectivity index (χ0v) is 21.3. The number of H-pyrrole nitrogens is 1. The number of aromatic nitrogens is 4. The van der Waals surface area contributed by atoms with Crippen molar-refractivity contribution in [2.45, 2.75) is 96.4 Å². The number of carbonyl (C=O) groups is 1. The molecule has 7 nitrogen and oxygen atoms in total. The number of halogens is 2. The largest absolute Gasteiger partial charge is 0.469 e. The number of nitrogens with one attached hydrogen (secondary N) is 1. The van der Waals surface area contributed by atoms with Crippen LogP contribution in [-0.2, 0) is 16.1 Å². The second-order valence-electron chi connectivity index (χ2n) is 7.98. The first-order valence-electron chi connectivity index (χ1n) is 11.4. The van der Waals surface area contributed by atoms with Crippen LogP contribution in [0.15, 0.2) is 4.79 Å². The number of imidazole rings is 1. The van der Waals surface area contributed by atoms with Crippen LogP contribution in [0.5, 0.6) is 0 Å². The number of nitrogens with zero attached hydrogens (tertiary/aromatic N) is 3. The minimum Gasteiger partial charge on any atom is -0.469 e. The van der Waals surface area contributed by atoms with Crippen molar-refractivity contribution in [2.75, 3.05) is 7.11 Å². The molecule has 0 aliphatic rings. The predicted molar refractivity (Wildman–Crippen MR) is 133 cm³/mol. The summed E-state index contributed by atoms with van der Waals surface area (Å²) in [5, 5.41) is 0.328. The quantitative estimate of drug-likeness (QED) is 0.0886. The molecule has 0 atom stereocenters. The molecule has 0 radical (unpaired) electrons. The van der Waals surface area contributed by atoms with Crippen LogP contribution >= 0.6 is 34.2 Å². The first kappa shape index (κ1) is 26.1. The Kier molecular flexibility index (Phi) is 12.5. The average molecular weight is 565 g/mol. The molecule has 0 spiro atoms. The van der Waals surface area contributed by atoms with Crippen molar-refractivity contribution >= 4 is 51.3 Å². The second kappa shape index (κ2) is 14.8. The molecule has 0 aliphatic carbocycles. The lowest BCUT2D eigenvalue weighted by atomic mass is 10.0. The van der Waals surface area contributed by atoms with E-state index in [0.717, 1.165) is 25.7 Å². The highest BCUT2D eigenvalue weighted by Gasteiger charge is 2.13. The highest BCUT2D eigenvalue weighted by Crippen LogP contribution is 2.19. The minimum absolute atomic E-state index is 0.0966. The Bertz CT molecular complexity index is 868. The van der Waals surface area contributed by atoms with Crippen LogP contribution in [0.1, 0.15) is 89.9 Å². The molecule has 0 aromatic carbocycles. The smallest absolute Gasteiger partial charge is 0.327 e. The van der Waals surface area contributed by atoms with Gasteiger partial charge in [-0.1, -0.05) is 82.2 Å². The molecule has 0 bridgehead atoms. The van der Waals surface area contributed by atoms with E-state index in [-0.39, 0.29) is 11.7 Å². The van der Waals surface area contributed by atoms with Gasteiger partial charge in [-0.3, -0.25) is 14.3 Å². The van der Waals surface area contributed by atoms with E-state index < -0.39 is 0 Å². The van der Waals surface area contributed by atoms with Gasteiger partial charge in [0.25, 0.3) is 0 Å². The number of rotatable bonds is 16. The lowest BCUT2D eigenvalue weighted by Gasteiger charge is -2.05. The second-order valence-corrected chi connectivity index (χ2v) is 9.31. The summed E-state index contributed by atoms with van der Waals surface area (Å²) in [6.45, 7) is 0.641. The fraction of sp³-hybridized carbons (Fsp3) is 0.727. The zero-order chi connectivity index (χ0) is 22.5. The van der Waals surface area contributed by atoms with E-state index in [9.17, 15) is 9.59 Å². The molecule has 2 aromatic heterocycles. The Morgan fingerprint density at radius 3 is 2.00 bits per heavy atom. The Morgan fingerprint density at radius 1 is 0.935 bits per heavy atom. The Balaban J connectivity index is 1.45. The molecule has 0 fully saturated rings. The van der Waals surface area contributed by atoms with Crippen LogP contribution in [0, 0.1) is 3.83 Å². The van der Waals surface area contributed by atoms with Crippen molar-refractivity contribution < 1.29 is 9.53 Å². The molecule has 0 saturated heterocycles. The number of unbranched alkanes of at least 4 members (excludes halogenated alkanes) is 12. The summed E-state index contributed by atoms with van der Waals surface area (Å²) in [7, 11) is 1.45. The molecule has 2 rings (SSSR count). The number of aromatic amines is 1. The van der Waals surface area contributed by atoms with Gasteiger partial charge < -0.3 is 4.74 Å². The summed E-state index contributed by atoms with van der Waals surface area (Å²) in [6.07, 6.45) is 16.1. The standard InChI is InChI=1S/C22H34ClIN4O3/c1-31-17(29)15-13-11-9-7-5-3-2-4-6-8-10-12-14-16-28-18-19(23)25-21(24)26-20(18)27-22(28)30/h2-16H2,1H3,(H,25,26,27,30). The van der Waals surface area contributed by atoms with Gasteiger partial charge in [-0.2, -0.15) is 0 Å². The third kappa shape index (κ3) is 9.47. The number of ether oxygens (including phenoxy) is 1. The third-order valence-corrected chi connectivity index (χ3v) is 6.29. The van der Waals surface area contributed by atoms with Crippen LogP contribution in [0.3, 0.4) is 0 Å². The fourth-order valence-corrected chi connectivity index (χ4v) is 4.69. The number of hydrogen-bond donors (Lipinski definition) is 1. The fourth-order valence-electron chi connectivity index (χ4n) is 3.80. The van der Waals surface area contributed by atoms with E-state index >= 15 is 0 Å². The SMILES string of the molecule is COC(=O)CCCCCCCCCCCCCCCn1c(=O)[nH]c2nc(I)nc(Cl)c21. The lowest BCUT2D eigenvalue weighted by Crippen LogP contribution is -2.16. The molecule has 31 heavy (non-hydrogen) atoms. The predicted octanol–water partition coefficient (Wildman–Crippen LogP) is 6.01. The molecule has 2 heterocycles. The van der Waals surface area contributed by atoms with Gasteiger partial charge in [-0.25, -0.2) is 14.8 Å². The molecule has 2 aromatic rings. The summed E-state index contributed by atoms with van der Waals surface area (Å²) in [6, 6.07) is 0.